The first-order valence-corrected chi connectivity index (χ1v) is 14.2. The third-order valence-electron chi connectivity index (χ3n) is 7.50. The third kappa shape index (κ3) is 8.68. The van der Waals surface area contributed by atoms with E-state index < -0.39 is 24.3 Å². The van der Waals surface area contributed by atoms with Gasteiger partial charge in [0.2, 0.25) is 0 Å². The molecule has 5 atom stereocenters. The van der Waals surface area contributed by atoms with Crippen molar-refractivity contribution < 1.29 is 24.1 Å². The van der Waals surface area contributed by atoms with Gasteiger partial charge in [-0.25, -0.2) is 0 Å². The second-order valence-electron chi connectivity index (χ2n) is 10.9. The Bertz CT molecular complexity index is 543. The van der Waals surface area contributed by atoms with E-state index in [0.29, 0.717) is 13.2 Å². The van der Waals surface area contributed by atoms with Gasteiger partial charge in [0.25, 0.3) is 0 Å². The third-order valence-corrected chi connectivity index (χ3v) is 7.50. The maximum absolute atomic E-state index is 10.9. The van der Waals surface area contributed by atoms with Crippen LogP contribution in [0.25, 0.3) is 0 Å². The molecule has 3 fully saturated rings. The maximum atomic E-state index is 10.9. The van der Waals surface area contributed by atoms with Crippen molar-refractivity contribution in [2.75, 3.05) is 40.3 Å². The van der Waals surface area contributed by atoms with Gasteiger partial charge >= 0.3 is 0 Å². The highest BCUT2D eigenvalue weighted by atomic mass is 16.8. The van der Waals surface area contributed by atoms with Gasteiger partial charge < -0.3 is 34.3 Å². The lowest BCUT2D eigenvalue weighted by Crippen LogP contribution is -2.47. The number of hydrogen-bond donors (Lipinski definition) is 2. The molecule has 0 amide bonds. The first-order chi connectivity index (χ1) is 16.5. The molecule has 0 aromatic carbocycles. The van der Waals surface area contributed by atoms with E-state index in [4.69, 9.17) is 18.9 Å². The van der Waals surface area contributed by atoms with Crippen molar-refractivity contribution in [3.8, 4) is 0 Å². The minimum absolute atomic E-state index is 0.250. The number of nitrogens with zero attached hydrogens (tertiary/aromatic N) is 1. The van der Waals surface area contributed by atoms with Crippen molar-refractivity contribution in [1.82, 2.24) is 10.2 Å². The summed E-state index contributed by atoms with van der Waals surface area (Å²) >= 11 is 0. The highest BCUT2D eigenvalue weighted by molar-refractivity contribution is 4.99. The molecule has 0 aromatic rings. The predicted molar refractivity (Wildman–Crippen MR) is 135 cm³/mol. The summed E-state index contributed by atoms with van der Waals surface area (Å²) < 4.78 is 25.4. The Morgan fingerprint density at radius 1 is 0.971 bits per heavy atom. The average Bonchev–Trinajstić information content (AvgIpc) is 3.32. The number of nitrogens with one attached hydrogen (secondary N) is 1. The molecule has 34 heavy (non-hydrogen) atoms. The minimum atomic E-state index is -0.650. The van der Waals surface area contributed by atoms with Crippen molar-refractivity contribution >= 4 is 0 Å². The van der Waals surface area contributed by atoms with Gasteiger partial charge in [0.15, 0.2) is 12.1 Å². The first-order valence-electron chi connectivity index (χ1n) is 14.2. The summed E-state index contributed by atoms with van der Waals surface area (Å²) in [6.07, 6.45) is 14.5. The van der Waals surface area contributed by atoms with Gasteiger partial charge in [0, 0.05) is 26.0 Å². The normalized spacial score (nSPS) is 29.2. The molecular weight excluding hydrogens is 432 g/mol. The SMILES string of the molecule is CCCCCCCCCCOC1C(C(O)CNCCCN(C)C)OC2OC3(CCCCC3)OC21. The largest absolute Gasteiger partial charge is 0.389 e. The van der Waals surface area contributed by atoms with Crippen LogP contribution in [-0.4, -0.2) is 86.8 Å². The fraction of sp³-hybridized carbons (Fsp3) is 1.00. The molecule has 7 nitrogen and oxygen atoms in total. The quantitative estimate of drug-likeness (QED) is 0.300. The number of aliphatic hydroxyl groups is 1. The second kappa shape index (κ2) is 15.1. The van der Waals surface area contributed by atoms with E-state index in [0.717, 1.165) is 51.6 Å². The molecule has 2 saturated heterocycles. The number of ether oxygens (including phenoxy) is 4. The van der Waals surface area contributed by atoms with Gasteiger partial charge in [-0.3, -0.25) is 0 Å². The van der Waals surface area contributed by atoms with E-state index in [1.165, 1.54) is 51.4 Å². The topological polar surface area (TPSA) is 72.4 Å². The van der Waals surface area contributed by atoms with Crippen LogP contribution in [0.3, 0.4) is 0 Å². The lowest BCUT2D eigenvalue weighted by atomic mass is 9.94. The molecule has 0 bridgehead atoms. The Morgan fingerprint density at radius 3 is 2.38 bits per heavy atom. The Labute approximate surface area is 208 Å². The van der Waals surface area contributed by atoms with Crippen LogP contribution < -0.4 is 5.32 Å². The number of rotatable bonds is 17. The van der Waals surface area contributed by atoms with Crippen LogP contribution in [0.2, 0.25) is 0 Å². The zero-order chi connectivity index (χ0) is 24.2. The van der Waals surface area contributed by atoms with Crippen molar-refractivity contribution in [2.45, 2.75) is 133 Å². The lowest BCUT2D eigenvalue weighted by molar-refractivity contribution is -0.255. The molecule has 1 saturated carbocycles. The smallest absolute Gasteiger partial charge is 0.190 e. The molecule has 2 N–H and O–H groups in total. The Balaban J connectivity index is 1.45. The molecule has 3 rings (SSSR count). The van der Waals surface area contributed by atoms with E-state index >= 15 is 0 Å². The number of hydrogen-bond acceptors (Lipinski definition) is 7. The minimum Gasteiger partial charge on any atom is -0.389 e. The summed E-state index contributed by atoms with van der Waals surface area (Å²) in [6, 6.07) is 0. The maximum Gasteiger partial charge on any atom is 0.190 e. The zero-order valence-electron chi connectivity index (χ0n) is 22.1. The Hall–Kier alpha value is -0.280. The summed E-state index contributed by atoms with van der Waals surface area (Å²) in [4.78, 5) is 2.17. The number of aliphatic hydroxyl groups excluding tert-OH is 1. The van der Waals surface area contributed by atoms with Crippen molar-refractivity contribution in [1.29, 1.82) is 0 Å². The molecule has 2 heterocycles. The van der Waals surface area contributed by atoms with Crippen LogP contribution in [0.4, 0.5) is 0 Å². The fourth-order valence-corrected chi connectivity index (χ4v) is 5.52. The van der Waals surface area contributed by atoms with Crippen molar-refractivity contribution in [3.05, 3.63) is 0 Å². The van der Waals surface area contributed by atoms with E-state index in [-0.39, 0.29) is 12.2 Å². The molecule has 1 aliphatic carbocycles. The molecule has 0 aromatic heterocycles. The summed E-state index contributed by atoms with van der Waals surface area (Å²) in [5.74, 6) is -0.506. The van der Waals surface area contributed by atoms with E-state index in [1.807, 2.05) is 0 Å². The fourth-order valence-electron chi connectivity index (χ4n) is 5.52. The van der Waals surface area contributed by atoms with Crippen LogP contribution in [0.5, 0.6) is 0 Å². The Kier molecular flexibility index (Phi) is 12.6. The van der Waals surface area contributed by atoms with Gasteiger partial charge in [-0.15, -0.1) is 0 Å². The second-order valence-corrected chi connectivity index (χ2v) is 10.9. The highest BCUT2D eigenvalue weighted by Gasteiger charge is 2.59. The molecule has 5 unspecified atom stereocenters. The molecule has 1 spiro atoms. The predicted octanol–water partition coefficient (Wildman–Crippen LogP) is 4.22. The molecule has 2 aliphatic heterocycles. The van der Waals surface area contributed by atoms with Gasteiger partial charge in [-0.05, 0) is 52.9 Å². The van der Waals surface area contributed by atoms with Gasteiger partial charge in [0.1, 0.15) is 18.3 Å². The molecule has 0 radical (unpaired) electrons. The van der Waals surface area contributed by atoms with Crippen molar-refractivity contribution in [3.63, 3.8) is 0 Å². The van der Waals surface area contributed by atoms with Gasteiger partial charge in [-0.2, -0.15) is 0 Å². The molecule has 7 heteroatoms. The summed E-state index contributed by atoms with van der Waals surface area (Å²) in [5.41, 5.74) is 0. The van der Waals surface area contributed by atoms with E-state index in [2.05, 4.69) is 31.2 Å². The first kappa shape index (κ1) is 28.3. The molecular formula is C27H52N2O5. The van der Waals surface area contributed by atoms with Crippen LogP contribution in [0.1, 0.15) is 96.8 Å². The molecule has 3 aliphatic rings. The van der Waals surface area contributed by atoms with E-state index in [1.54, 1.807) is 0 Å². The monoisotopic (exact) mass is 484 g/mol. The zero-order valence-corrected chi connectivity index (χ0v) is 22.1. The van der Waals surface area contributed by atoms with Crippen LogP contribution in [0.15, 0.2) is 0 Å². The lowest BCUT2D eigenvalue weighted by Gasteiger charge is -2.34. The van der Waals surface area contributed by atoms with Crippen molar-refractivity contribution in [2.24, 2.45) is 0 Å². The van der Waals surface area contributed by atoms with E-state index in [9.17, 15) is 5.11 Å². The average molecular weight is 485 g/mol. The number of fused-ring (bicyclic) bond motifs is 1. The molecule has 200 valence electrons. The van der Waals surface area contributed by atoms with Crippen LogP contribution in [0, 0.1) is 0 Å². The summed E-state index contributed by atoms with van der Waals surface area (Å²) in [6.45, 7) is 5.33. The van der Waals surface area contributed by atoms with Gasteiger partial charge in [0.05, 0.1) is 6.10 Å². The summed E-state index contributed by atoms with van der Waals surface area (Å²) in [5, 5.41) is 14.3. The standard InChI is InChI=1S/C27H52N2O5/c1-4-5-6-7-8-9-10-14-20-31-24-23(22(30)21-28-18-15-19-29(2)3)32-26-25(24)33-27(34-26)16-12-11-13-17-27/h22-26,28,30H,4-21H2,1-3H3. The highest BCUT2D eigenvalue weighted by Crippen LogP contribution is 2.46. The van der Waals surface area contributed by atoms with Crippen LogP contribution in [-0.2, 0) is 18.9 Å². The Morgan fingerprint density at radius 2 is 1.68 bits per heavy atom. The number of unbranched alkanes of at least 4 members (excludes halogenated alkanes) is 7. The van der Waals surface area contributed by atoms with Crippen LogP contribution >= 0.6 is 0 Å². The van der Waals surface area contributed by atoms with Gasteiger partial charge in [-0.1, -0.05) is 58.3 Å². The summed E-state index contributed by atoms with van der Waals surface area (Å²) in [7, 11) is 4.15.